The van der Waals surface area contributed by atoms with Crippen LogP contribution in [0.4, 0.5) is 0 Å². The van der Waals surface area contributed by atoms with Gasteiger partial charge in [-0.25, -0.2) is 0 Å². The van der Waals surface area contributed by atoms with Crippen LogP contribution in [0.3, 0.4) is 0 Å². The van der Waals surface area contributed by atoms with Crippen LogP contribution in [0.2, 0.25) is 0 Å². The molecule has 1 unspecified atom stereocenters. The maximum atomic E-state index is 12.0. The normalized spacial score (nSPS) is 22.0. The van der Waals surface area contributed by atoms with Gasteiger partial charge in [0.15, 0.2) is 0 Å². The van der Waals surface area contributed by atoms with Crippen molar-refractivity contribution in [1.82, 2.24) is 10.2 Å². The number of unbranched alkanes of at least 4 members (excludes halogenated alkanes) is 1. The molecule has 41 heavy (non-hydrogen) atoms. The van der Waals surface area contributed by atoms with E-state index in [1.807, 2.05) is 61.3 Å². The number of ether oxygens (including phenoxy) is 2. The summed E-state index contributed by atoms with van der Waals surface area (Å²) in [6.45, 7) is 4.45. The zero-order valence-corrected chi connectivity index (χ0v) is 24.9. The molecule has 0 bridgehead atoms. The molecule has 1 fully saturated rings. The fourth-order valence-electron chi connectivity index (χ4n) is 4.64. The van der Waals surface area contributed by atoms with Crippen molar-refractivity contribution >= 4 is 17.1 Å². The van der Waals surface area contributed by atoms with Gasteiger partial charge in [0.25, 0.3) is 0 Å². The van der Waals surface area contributed by atoms with Gasteiger partial charge in [-0.05, 0) is 67.6 Å². The van der Waals surface area contributed by atoms with Crippen molar-refractivity contribution in [1.29, 1.82) is 0 Å². The van der Waals surface area contributed by atoms with Gasteiger partial charge in [-0.3, -0.25) is 9.69 Å². The first kappa shape index (κ1) is 32.6. The summed E-state index contributed by atoms with van der Waals surface area (Å²) < 4.78 is 11.8. The third-order valence-corrected chi connectivity index (χ3v) is 7.58. The number of aryl methyl sites for hydroxylation is 1. The minimum absolute atomic E-state index is 0.0394. The monoisotopic (exact) mass is 582 g/mol. The molecule has 222 valence electrons. The molecule has 1 amide bonds. The molecule has 8 nitrogen and oxygen atoms in total. The first-order valence-electron chi connectivity index (χ1n) is 13.9. The lowest BCUT2D eigenvalue weighted by Gasteiger charge is -2.39. The van der Waals surface area contributed by atoms with Gasteiger partial charge in [-0.1, -0.05) is 41.4 Å². The quantitative estimate of drug-likeness (QED) is 0.212. The molecule has 1 heterocycles. The number of amides is 1. The third-order valence-electron chi connectivity index (χ3n) is 7.11. The molecule has 5 atom stereocenters. The predicted molar refractivity (Wildman–Crippen MR) is 162 cm³/mol. The van der Waals surface area contributed by atoms with Crippen LogP contribution in [0, 0.1) is 24.5 Å². The molecule has 2 aromatic carbocycles. The Hall–Kier alpha value is -2.93. The summed E-state index contributed by atoms with van der Waals surface area (Å²) in [4.78, 5) is 13.9. The van der Waals surface area contributed by atoms with Crippen molar-refractivity contribution in [2.45, 2.75) is 63.1 Å². The van der Waals surface area contributed by atoms with Crippen LogP contribution in [-0.4, -0.2) is 90.1 Å². The Labute approximate surface area is 247 Å². The van der Waals surface area contributed by atoms with E-state index in [9.17, 15) is 20.1 Å². The van der Waals surface area contributed by atoms with Crippen molar-refractivity contribution in [3.05, 3.63) is 64.7 Å². The molecule has 1 aliphatic heterocycles. The molecule has 0 aliphatic carbocycles. The van der Waals surface area contributed by atoms with Gasteiger partial charge >= 0.3 is 0 Å². The molecule has 4 N–H and O–H groups in total. The molecule has 1 aliphatic rings. The number of nitrogens with one attached hydrogen (secondary N) is 1. The SMILES string of the molecule is C#CCN(C)CCNC(=O)CCCCOc1ccc(Cc2cc([C@@H]3OC(C#SC)[C@@H](O)[C@H](O)[C@H]3O)ccc2C)cc1. The van der Waals surface area contributed by atoms with Crippen LogP contribution in [0.25, 0.3) is 0 Å². The summed E-state index contributed by atoms with van der Waals surface area (Å²) in [6.07, 6.45) is 4.36. The number of aliphatic hydroxyl groups is 3. The molecule has 0 spiro atoms. The fourth-order valence-corrected chi connectivity index (χ4v) is 5.07. The zero-order chi connectivity index (χ0) is 29.8. The largest absolute Gasteiger partial charge is 0.494 e. The molecular formula is C32H42N2O6S. The van der Waals surface area contributed by atoms with Crippen LogP contribution < -0.4 is 10.1 Å². The molecule has 2 aromatic rings. The molecule has 0 aromatic heterocycles. The zero-order valence-electron chi connectivity index (χ0n) is 24.1. The van der Waals surface area contributed by atoms with Crippen LogP contribution in [0.1, 0.15) is 47.6 Å². The summed E-state index contributed by atoms with van der Waals surface area (Å²) in [5, 5.41) is 37.1. The second kappa shape index (κ2) is 16.5. The minimum atomic E-state index is -1.33. The average molecular weight is 583 g/mol. The second-order valence-electron chi connectivity index (χ2n) is 10.4. The number of nitrogens with zero attached hydrogens (tertiary/aromatic N) is 1. The van der Waals surface area contributed by atoms with Crippen molar-refractivity contribution in [2.24, 2.45) is 0 Å². The highest BCUT2D eigenvalue weighted by molar-refractivity contribution is 7.87. The summed E-state index contributed by atoms with van der Waals surface area (Å²) in [6, 6.07) is 13.8. The molecular weight excluding hydrogens is 540 g/mol. The Balaban J connectivity index is 1.47. The number of aliphatic hydroxyl groups excluding tert-OH is 3. The second-order valence-corrected chi connectivity index (χ2v) is 11.0. The first-order valence-corrected chi connectivity index (χ1v) is 15.1. The van der Waals surface area contributed by atoms with Crippen molar-refractivity contribution < 1.29 is 29.6 Å². The van der Waals surface area contributed by atoms with Crippen molar-refractivity contribution in [3.63, 3.8) is 0 Å². The van der Waals surface area contributed by atoms with E-state index in [0.717, 1.165) is 47.4 Å². The number of benzene rings is 2. The van der Waals surface area contributed by atoms with Crippen LogP contribution >= 0.6 is 11.2 Å². The number of likely N-dealkylation sites (N-methyl/N-ethyl adjacent to an activating group) is 1. The van der Waals surface area contributed by atoms with E-state index in [4.69, 9.17) is 15.9 Å². The highest BCUT2D eigenvalue weighted by Gasteiger charge is 2.43. The van der Waals surface area contributed by atoms with E-state index in [1.165, 1.54) is 11.2 Å². The van der Waals surface area contributed by atoms with Gasteiger partial charge in [0.05, 0.1) is 13.2 Å². The number of rotatable bonds is 13. The van der Waals surface area contributed by atoms with Crippen LogP contribution in [-0.2, 0) is 16.0 Å². The molecule has 1 saturated heterocycles. The maximum Gasteiger partial charge on any atom is 0.220 e. The molecule has 9 heteroatoms. The van der Waals surface area contributed by atoms with Crippen molar-refractivity contribution in [3.8, 4) is 23.3 Å². The van der Waals surface area contributed by atoms with E-state index in [0.29, 0.717) is 32.5 Å². The molecule has 3 rings (SSSR count). The first-order chi connectivity index (χ1) is 19.7. The maximum absolute atomic E-state index is 12.0. The van der Waals surface area contributed by atoms with Gasteiger partial charge in [0.1, 0.15) is 36.3 Å². The number of terminal acetylenes is 1. The average Bonchev–Trinajstić information content (AvgIpc) is 2.95. The molecule has 0 saturated carbocycles. The smallest absolute Gasteiger partial charge is 0.220 e. The Kier molecular flexibility index (Phi) is 13.1. The van der Waals surface area contributed by atoms with Gasteiger partial charge in [-0.15, -0.1) is 17.6 Å². The van der Waals surface area contributed by atoms with Crippen LogP contribution in [0.15, 0.2) is 42.5 Å². The standard InChI is InChI=1S/C32H42N2O6S/c1-5-16-34(3)17-15-33-28(35)8-6-7-18-39-26-13-10-23(11-14-26)19-25-20-24(12-9-22(25)2)32-31(38)30(37)29(36)27(40-32)21-41-4/h1,9-14,20,27,29-32,36-38H,6-8,15-19H2,2-4H3,(H,33,35)/t27?,29-,30+,31-,32+/m1/s1. The topological polar surface area (TPSA) is 111 Å². The van der Waals surface area contributed by atoms with E-state index >= 15 is 0 Å². The Morgan fingerprint density at radius 1 is 1.12 bits per heavy atom. The predicted octanol–water partition coefficient (Wildman–Crippen LogP) is 2.66. The van der Waals surface area contributed by atoms with Crippen molar-refractivity contribution in [2.75, 3.05) is 39.5 Å². The van der Waals surface area contributed by atoms with Gasteiger partial charge in [0, 0.05) is 25.8 Å². The lowest BCUT2D eigenvalue weighted by molar-refractivity contribution is -0.209. The Bertz CT molecular complexity index is 1240. The Morgan fingerprint density at radius 2 is 1.88 bits per heavy atom. The highest BCUT2D eigenvalue weighted by Crippen LogP contribution is 2.33. The fraction of sp³-hybridized carbons (Fsp3) is 0.500. The Morgan fingerprint density at radius 3 is 2.59 bits per heavy atom. The van der Waals surface area contributed by atoms with Gasteiger partial charge in [0.2, 0.25) is 5.91 Å². The molecule has 0 radical (unpaired) electrons. The highest BCUT2D eigenvalue weighted by atomic mass is 32.1. The lowest BCUT2D eigenvalue weighted by atomic mass is 9.89. The minimum Gasteiger partial charge on any atom is -0.494 e. The third kappa shape index (κ3) is 9.84. The lowest BCUT2D eigenvalue weighted by Crippen LogP contribution is -2.53. The summed E-state index contributed by atoms with van der Waals surface area (Å²) in [7, 11) is 1.92. The summed E-state index contributed by atoms with van der Waals surface area (Å²) in [5.41, 5.74) is 4.01. The van der Waals surface area contributed by atoms with Gasteiger partial charge in [-0.2, -0.15) is 0 Å². The van der Waals surface area contributed by atoms with E-state index in [-0.39, 0.29) is 5.91 Å². The number of hydrogen-bond donors (Lipinski definition) is 4. The van der Waals surface area contributed by atoms with E-state index < -0.39 is 30.5 Å². The summed E-state index contributed by atoms with van der Waals surface area (Å²) in [5.74, 6) is 3.39. The summed E-state index contributed by atoms with van der Waals surface area (Å²) >= 11 is 1.27. The van der Waals surface area contributed by atoms with Gasteiger partial charge < -0.3 is 30.1 Å². The van der Waals surface area contributed by atoms with E-state index in [2.05, 4.69) is 16.4 Å². The number of carbonyl (C=O) groups excluding carboxylic acids is 1. The number of hydrogen-bond acceptors (Lipinski definition) is 7. The van der Waals surface area contributed by atoms with E-state index in [1.54, 1.807) is 6.26 Å². The number of carbonyl (C=O) groups is 1. The van der Waals surface area contributed by atoms with Crippen LogP contribution in [0.5, 0.6) is 5.75 Å².